The highest BCUT2D eigenvalue weighted by Crippen LogP contribution is 2.34. The largest absolute Gasteiger partial charge is 0.496 e. The molecule has 5 heteroatoms. The zero-order chi connectivity index (χ0) is 19.6. The van der Waals surface area contributed by atoms with E-state index < -0.39 is 0 Å². The van der Waals surface area contributed by atoms with Crippen LogP contribution in [-0.2, 0) is 6.54 Å². The van der Waals surface area contributed by atoms with Crippen molar-refractivity contribution in [3.63, 3.8) is 0 Å². The Morgan fingerprint density at radius 1 is 1.07 bits per heavy atom. The van der Waals surface area contributed by atoms with E-state index in [1.54, 1.807) is 7.11 Å². The van der Waals surface area contributed by atoms with Crippen molar-refractivity contribution in [3.8, 4) is 16.9 Å². The van der Waals surface area contributed by atoms with E-state index in [0.29, 0.717) is 5.56 Å². The van der Waals surface area contributed by atoms with Gasteiger partial charge in [0.1, 0.15) is 5.75 Å². The zero-order valence-electron chi connectivity index (χ0n) is 17.0. The van der Waals surface area contributed by atoms with Gasteiger partial charge in [-0.05, 0) is 70.0 Å². The number of likely N-dealkylation sites (tertiary alicyclic amines) is 1. The summed E-state index contributed by atoms with van der Waals surface area (Å²) < 4.78 is 7.63. The van der Waals surface area contributed by atoms with Crippen LogP contribution in [0.5, 0.6) is 5.75 Å². The molecule has 1 amide bonds. The van der Waals surface area contributed by atoms with Crippen LogP contribution in [0.3, 0.4) is 0 Å². The predicted octanol–water partition coefficient (Wildman–Crippen LogP) is 3.67. The van der Waals surface area contributed by atoms with Gasteiger partial charge in [-0.3, -0.25) is 4.79 Å². The summed E-state index contributed by atoms with van der Waals surface area (Å²) in [5.74, 6) is 0.481. The number of carbonyl (C=O) groups is 1. The van der Waals surface area contributed by atoms with Crippen LogP contribution in [0.25, 0.3) is 11.1 Å². The number of aromatic nitrogens is 1. The van der Waals surface area contributed by atoms with Gasteiger partial charge >= 0.3 is 0 Å². The first-order valence-corrected chi connectivity index (χ1v) is 9.81. The highest BCUT2D eigenvalue weighted by Gasteiger charge is 2.23. The van der Waals surface area contributed by atoms with Gasteiger partial charge in [-0.1, -0.05) is 12.5 Å². The summed E-state index contributed by atoms with van der Waals surface area (Å²) in [6.07, 6.45) is 3.91. The molecule has 0 saturated carbocycles. The average molecular weight is 370 g/mol. The van der Waals surface area contributed by atoms with Crippen molar-refractivity contribution in [2.45, 2.75) is 46.6 Å². The van der Waals surface area contributed by atoms with Gasteiger partial charge in [0.2, 0.25) is 0 Å². The maximum atomic E-state index is 12.3. The normalized spacial score (nSPS) is 15.1. The number of carbonyl (C=O) groups excluding carboxylic acids is 1. The van der Waals surface area contributed by atoms with Crippen LogP contribution in [0.15, 0.2) is 18.2 Å². The molecule has 1 aliphatic rings. The molecular weight excluding hydrogens is 338 g/mol. The minimum Gasteiger partial charge on any atom is -0.496 e. The monoisotopic (exact) mass is 369 g/mol. The summed E-state index contributed by atoms with van der Waals surface area (Å²) in [6, 6.07) is 6.03. The number of primary amides is 1. The third-order valence-electron chi connectivity index (χ3n) is 5.80. The molecule has 0 spiro atoms. The summed E-state index contributed by atoms with van der Waals surface area (Å²) in [7, 11) is 1.67. The van der Waals surface area contributed by atoms with E-state index in [1.165, 1.54) is 32.4 Å². The molecule has 27 heavy (non-hydrogen) atoms. The standard InChI is InChI=1S/C22H31N3O2/c1-15-14-18(8-9-19(15)27-4)20-16(2)25(17(3)21(20)22(23)26)13-12-24-10-6-5-7-11-24/h8-9,14H,5-7,10-13H2,1-4H3,(H2,23,26). The Labute approximate surface area is 162 Å². The molecule has 0 atom stereocenters. The fourth-order valence-corrected chi connectivity index (χ4v) is 4.33. The molecule has 2 heterocycles. The fourth-order valence-electron chi connectivity index (χ4n) is 4.33. The van der Waals surface area contributed by atoms with Crippen LogP contribution in [0.4, 0.5) is 0 Å². The first-order valence-electron chi connectivity index (χ1n) is 9.81. The minimum atomic E-state index is -0.365. The molecule has 5 nitrogen and oxygen atoms in total. The number of aryl methyl sites for hydroxylation is 1. The summed E-state index contributed by atoms with van der Waals surface area (Å²) >= 11 is 0. The predicted molar refractivity (Wildman–Crippen MR) is 109 cm³/mol. The molecule has 1 aromatic carbocycles. The molecule has 1 aromatic heterocycles. The van der Waals surface area contributed by atoms with Crippen molar-refractivity contribution in [2.24, 2.45) is 5.73 Å². The quantitative estimate of drug-likeness (QED) is 0.845. The minimum absolute atomic E-state index is 0.365. The number of amides is 1. The summed E-state index contributed by atoms with van der Waals surface area (Å²) in [4.78, 5) is 14.8. The second-order valence-electron chi connectivity index (χ2n) is 7.52. The molecule has 1 fully saturated rings. The lowest BCUT2D eigenvalue weighted by atomic mass is 9.98. The number of piperidine rings is 1. The van der Waals surface area contributed by atoms with Gasteiger partial charge in [0.15, 0.2) is 0 Å². The van der Waals surface area contributed by atoms with Crippen LogP contribution >= 0.6 is 0 Å². The van der Waals surface area contributed by atoms with Crippen LogP contribution in [0.1, 0.15) is 46.6 Å². The number of hydrogen-bond donors (Lipinski definition) is 1. The smallest absolute Gasteiger partial charge is 0.251 e. The lowest BCUT2D eigenvalue weighted by Gasteiger charge is -2.27. The number of methoxy groups -OCH3 is 1. The van der Waals surface area contributed by atoms with Gasteiger partial charge in [-0.2, -0.15) is 0 Å². The van der Waals surface area contributed by atoms with Gasteiger partial charge in [0.25, 0.3) is 5.91 Å². The molecule has 3 rings (SSSR count). The van der Waals surface area contributed by atoms with Gasteiger partial charge in [0.05, 0.1) is 12.7 Å². The Morgan fingerprint density at radius 3 is 2.37 bits per heavy atom. The second kappa shape index (κ2) is 8.17. The van der Waals surface area contributed by atoms with E-state index in [1.807, 2.05) is 26.0 Å². The molecule has 0 radical (unpaired) electrons. The van der Waals surface area contributed by atoms with E-state index in [9.17, 15) is 4.79 Å². The van der Waals surface area contributed by atoms with Crippen molar-refractivity contribution in [3.05, 3.63) is 40.7 Å². The van der Waals surface area contributed by atoms with Crippen LogP contribution in [0, 0.1) is 20.8 Å². The maximum absolute atomic E-state index is 12.3. The van der Waals surface area contributed by atoms with Crippen LogP contribution in [0.2, 0.25) is 0 Å². The van der Waals surface area contributed by atoms with E-state index in [2.05, 4.69) is 22.5 Å². The topological polar surface area (TPSA) is 60.5 Å². The lowest BCUT2D eigenvalue weighted by Crippen LogP contribution is -2.32. The van der Waals surface area contributed by atoms with Crippen molar-refractivity contribution < 1.29 is 9.53 Å². The van der Waals surface area contributed by atoms with Gasteiger partial charge in [-0.15, -0.1) is 0 Å². The average Bonchev–Trinajstić information content (AvgIpc) is 2.91. The van der Waals surface area contributed by atoms with Crippen LogP contribution < -0.4 is 10.5 Å². The number of nitrogens with two attached hydrogens (primary N) is 1. The Morgan fingerprint density at radius 2 is 1.78 bits per heavy atom. The molecule has 2 aromatic rings. The lowest BCUT2D eigenvalue weighted by molar-refractivity contribution is 0.1000. The molecule has 0 aliphatic carbocycles. The molecular formula is C22H31N3O2. The van der Waals surface area contributed by atoms with Crippen molar-refractivity contribution in [1.82, 2.24) is 9.47 Å². The first-order chi connectivity index (χ1) is 12.9. The third-order valence-corrected chi connectivity index (χ3v) is 5.80. The molecule has 1 aliphatic heterocycles. The number of rotatable bonds is 6. The Bertz CT molecular complexity index is 833. The van der Waals surface area contributed by atoms with Crippen LogP contribution in [-0.4, -0.2) is 42.1 Å². The Hall–Kier alpha value is -2.27. The first kappa shape index (κ1) is 19.5. The molecule has 1 saturated heterocycles. The van der Waals surface area contributed by atoms with Gasteiger partial charge in [-0.25, -0.2) is 0 Å². The van der Waals surface area contributed by atoms with E-state index in [-0.39, 0.29) is 5.91 Å². The summed E-state index contributed by atoms with van der Waals surface area (Å²) in [6.45, 7) is 10.3. The van der Waals surface area contributed by atoms with Gasteiger partial charge < -0.3 is 19.9 Å². The highest BCUT2D eigenvalue weighted by molar-refractivity contribution is 6.02. The summed E-state index contributed by atoms with van der Waals surface area (Å²) in [5, 5.41) is 0. The number of nitrogens with zero attached hydrogens (tertiary/aromatic N) is 2. The Balaban J connectivity index is 1.98. The van der Waals surface area contributed by atoms with E-state index in [0.717, 1.165) is 46.9 Å². The fraction of sp³-hybridized carbons (Fsp3) is 0.500. The molecule has 2 N–H and O–H groups in total. The maximum Gasteiger partial charge on any atom is 0.251 e. The number of ether oxygens (including phenoxy) is 1. The molecule has 0 unspecified atom stereocenters. The second-order valence-corrected chi connectivity index (χ2v) is 7.52. The van der Waals surface area contributed by atoms with E-state index in [4.69, 9.17) is 10.5 Å². The van der Waals surface area contributed by atoms with E-state index >= 15 is 0 Å². The SMILES string of the molecule is COc1ccc(-c2c(C(N)=O)c(C)n(CCN3CCCCC3)c2C)cc1C. The van der Waals surface area contributed by atoms with Crippen molar-refractivity contribution >= 4 is 5.91 Å². The third kappa shape index (κ3) is 3.88. The number of benzene rings is 1. The van der Waals surface area contributed by atoms with Crippen molar-refractivity contribution in [2.75, 3.05) is 26.7 Å². The van der Waals surface area contributed by atoms with Gasteiger partial charge in [0, 0.05) is 30.0 Å². The zero-order valence-corrected chi connectivity index (χ0v) is 17.0. The molecule has 0 bridgehead atoms. The number of hydrogen-bond acceptors (Lipinski definition) is 3. The highest BCUT2D eigenvalue weighted by atomic mass is 16.5. The molecule has 146 valence electrons. The van der Waals surface area contributed by atoms with Crippen molar-refractivity contribution in [1.29, 1.82) is 0 Å². The Kier molecular flexibility index (Phi) is 5.90. The summed E-state index contributed by atoms with van der Waals surface area (Å²) in [5.41, 5.74) is 11.5.